The average Bonchev–Trinajstić information content (AvgIpc) is 2.81. The van der Waals surface area contributed by atoms with Crippen LogP contribution in [-0.4, -0.2) is 33.7 Å². The lowest BCUT2D eigenvalue weighted by atomic mass is 10.2. The number of nitrogens with zero attached hydrogens (tertiary/aromatic N) is 2. The number of esters is 1. The fourth-order valence-corrected chi connectivity index (χ4v) is 2.02. The molecular weight excluding hydrogens is 284 g/mol. The van der Waals surface area contributed by atoms with Gasteiger partial charge in [0.2, 0.25) is 0 Å². The minimum atomic E-state index is -1.25. The van der Waals surface area contributed by atoms with E-state index >= 15 is 0 Å². The Bertz CT molecular complexity index is 666. The number of aromatic nitrogens is 2. The Labute approximate surface area is 119 Å². The van der Waals surface area contributed by atoms with Crippen LogP contribution in [0, 0.1) is 0 Å². The molecule has 0 saturated heterocycles. The lowest BCUT2D eigenvalue weighted by Gasteiger charge is -2.06. The van der Waals surface area contributed by atoms with Crippen molar-refractivity contribution in [2.24, 2.45) is 0 Å². The molecular formula is C13H11ClN2O4. The molecule has 1 aromatic heterocycles. The maximum atomic E-state index is 11.5. The van der Waals surface area contributed by atoms with Crippen LogP contribution in [0.1, 0.15) is 26.5 Å². The van der Waals surface area contributed by atoms with Crippen molar-refractivity contribution in [1.82, 2.24) is 9.55 Å². The SMILES string of the molecule is COC(=O)c1ncn(Cc2cccc(Cl)c2)c1C(=O)O. The molecule has 20 heavy (non-hydrogen) atoms. The number of methoxy groups -OCH3 is 1. The van der Waals surface area contributed by atoms with E-state index in [-0.39, 0.29) is 17.9 Å². The standard InChI is InChI=1S/C13H11ClN2O4/c1-20-13(19)10-11(12(17)18)16(7-15-10)6-8-3-2-4-9(14)5-8/h2-5,7H,6H2,1H3,(H,17,18). The predicted octanol–water partition coefficient (Wildman–Crippen LogP) is 2.07. The summed E-state index contributed by atoms with van der Waals surface area (Å²) in [5.41, 5.74) is 0.368. The predicted molar refractivity (Wildman–Crippen MR) is 71.1 cm³/mol. The summed E-state index contributed by atoms with van der Waals surface area (Å²) in [4.78, 5) is 26.6. The van der Waals surface area contributed by atoms with E-state index in [4.69, 9.17) is 11.6 Å². The van der Waals surface area contributed by atoms with Crippen LogP contribution in [0.2, 0.25) is 5.02 Å². The van der Waals surface area contributed by atoms with Crippen molar-refractivity contribution in [3.63, 3.8) is 0 Å². The van der Waals surface area contributed by atoms with Gasteiger partial charge in [0.25, 0.3) is 0 Å². The number of carboxylic acids is 1. The van der Waals surface area contributed by atoms with E-state index in [0.717, 1.165) is 5.56 Å². The van der Waals surface area contributed by atoms with Crippen molar-refractivity contribution in [1.29, 1.82) is 0 Å². The Morgan fingerprint density at radius 3 is 2.80 bits per heavy atom. The van der Waals surface area contributed by atoms with Gasteiger partial charge in [0, 0.05) is 11.6 Å². The number of aromatic carboxylic acids is 1. The van der Waals surface area contributed by atoms with E-state index in [1.807, 2.05) is 0 Å². The van der Waals surface area contributed by atoms with E-state index in [2.05, 4.69) is 9.72 Å². The Hall–Kier alpha value is -2.34. The number of hydrogen-bond acceptors (Lipinski definition) is 4. The normalized spacial score (nSPS) is 10.3. The van der Waals surface area contributed by atoms with Crippen LogP contribution >= 0.6 is 11.6 Å². The monoisotopic (exact) mass is 294 g/mol. The van der Waals surface area contributed by atoms with Gasteiger partial charge in [-0.25, -0.2) is 14.6 Å². The van der Waals surface area contributed by atoms with Gasteiger partial charge in [-0.05, 0) is 17.7 Å². The van der Waals surface area contributed by atoms with Gasteiger partial charge in [-0.3, -0.25) is 0 Å². The summed E-state index contributed by atoms with van der Waals surface area (Å²) in [5, 5.41) is 9.77. The van der Waals surface area contributed by atoms with Gasteiger partial charge in [0.05, 0.1) is 13.4 Å². The first-order valence-electron chi connectivity index (χ1n) is 5.64. The average molecular weight is 295 g/mol. The molecule has 0 radical (unpaired) electrons. The van der Waals surface area contributed by atoms with Crippen LogP contribution in [0.25, 0.3) is 0 Å². The highest BCUT2D eigenvalue weighted by Gasteiger charge is 2.24. The van der Waals surface area contributed by atoms with E-state index in [0.29, 0.717) is 5.02 Å². The first-order valence-corrected chi connectivity index (χ1v) is 6.02. The molecule has 1 N–H and O–H groups in total. The van der Waals surface area contributed by atoms with Gasteiger partial charge in [-0.1, -0.05) is 23.7 Å². The zero-order valence-electron chi connectivity index (χ0n) is 10.5. The van der Waals surface area contributed by atoms with E-state index in [1.165, 1.54) is 18.0 Å². The van der Waals surface area contributed by atoms with Crippen LogP contribution in [0.3, 0.4) is 0 Å². The van der Waals surface area contributed by atoms with Crippen molar-refractivity contribution in [2.75, 3.05) is 7.11 Å². The Balaban J connectivity index is 2.40. The van der Waals surface area contributed by atoms with Crippen LogP contribution in [0.15, 0.2) is 30.6 Å². The minimum Gasteiger partial charge on any atom is -0.476 e. The lowest BCUT2D eigenvalue weighted by Crippen LogP contribution is -2.14. The summed E-state index contributed by atoms with van der Waals surface area (Å²) in [6.07, 6.45) is 1.29. The summed E-state index contributed by atoms with van der Waals surface area (Å²) >= 11 is 5.88. The second kappa shape index (κ2) is 5.75. The highest BCUT2D eigenvalue weighted by molar-refractivity contribution is 6.30. The maximum absolute atomic E-state index is 11.5. The van der Waals surface area contributed by atoms with Gasteiger partial charge in [0.15, 0.2) is 11.4 Å². The zero-order chi connectivity index (χ0) is 14.7. The molecule has 0 saturated carbocycles. The molecule has 0 atom stereocenters. The molecule has 0 amide bonds. The topological polar surface area (TPSA) is 81.4 Å². The number of imidazole rings is 1. The molecule has 0 unspecified atom stereocenters. The maximum Gasteiger partial charge on any atom is 0.359 e. The minimum absolute atomic E-state index is 0.211. The third kappa shape index (κ3) is 2.80. The number of carbonyl (C=O) groups excluding carboxylic acids is 1. The molecule has 0 bridgehead atoms. The smallest absolute Gasteiger partial charge is 0.359 e. The van der Waals surface area contributed by atoms with Gasteiger partial charge in [0.1, 0.15) is 0 Å². The van der Waals surface area contributed by atoms with E-state index in [1.54, 1.807) is 24.3 Å². The number of ether oxygens (including phenoxy) is 1. The summed E-state index contributed by atoms with van der Waals surface area (Å²) in [5.74, 6) is -2.03. The fraction of sp³-hybridized carbons (Fsp3) is 0.154. The van der Waals surface area contributed by atoms with Crippen LogP contribution in [0.4, 0.5) is 0 Å². The second-order valence-electron chi connectivity index (χ2n) is 4.00. The molecule has 0 aliphatic heterocycles. The number of carboxylic acid groups (broad SMARTS) is 1. The van der Waals surface area contributed by atoms with Crippen LogP contribution in [-0.2, 0) is 11.3 Å². The Kier molecular flexibility index (Phi) is 4.05. The zero-order valence-corrected chi connectivity index (χ0v) is 11.3. The number of carbonyl (C=O) groups is 2. The molecule has 0 aliphatic rings. The molecule has 1 aromatic carbocycles. The molecule has 2 aromatic rings. The molecule has 1 heterocycles. The lowest BCUT2D eigenvalue weighted by molar-refractivity contribution is 0.0574. The first kappa shape index (κ1) is 14.1. The Morgan fingerprint density at radius 1 is 1.45 bits per heavy atom. The second-order valence-corrected chi connectivity index (χ2v) is 4.43. The van der Waals surface area contributed by atoms with Gasteiger partial charge >= 0.3 is 11.9 Å². The van der Waals surface area contributed by atoms with E-state index < -0.39 is 11.9 Å². The largest absolute Gasteiger partial charge is 0.476 e. The molecule has 7 heteroatoms. The number of benzene rings is 1. The van der Waals surface area contributed by atoms with Crippen molar-refractivity contribution in [3.05, 3.63) is 52.6 Å². The molecule has 0 spiro atoms. The third-order valence-electron chi connectivity index (χ3n) is 2.66. The van der Waals surface area contributed by atoms with Crippen molar-refractivity contribution < 1.29 is 19.4 Å². The number of rotatable bonds is 4. The van der Waals surface area contributed by atoms with Crippen LogP contribution < -0.4 is 0 Å². The molecule has 6 nitrogen and oxygen atoms in total. The summed E-state index contributed by atoms with van der Waals surface area (Å²) in [7, 11) is 1.17. The summed E-state index contributed by atoms with van der Waals surface area (Å²) < 4.78 is 5.87. The van der Waals surface area contributed by atoms with Crippen LogP contribution in [0.5, 0.6) is 0 Å². The van der Waals surface area contributed by atoms with E-state index in [9.17, 15) is 14.7 Å². The third-order valence-corrected chi connectivity index (χ3v) is 2.90. The Morgan fingerprint density at radius 2 is 2.20 bits per heavy atom. The summed E-state index contributed by atoms with van der Waals surface area (Å²) in [6, 6.07) is 6.99. The fourth-order valence-electron chi connectivity index (χ4n) is 1.80. The molecule has 104 valence electrons. The summed E-state index contributed by atoms with van der Waals surface area (Å²) in [6.45, 7) is 0.242. The van der Waals surface area contributed by atoms with Crippen molar-refractivity contribution in [2.45, 2.75) is 6.54 Å². The molecule has 0 fully saturated rings. The van der Waals surface area contributed by atoms with Gasteiger partial charge in [-0.15, -0.1) is 0 Å². The highest BCUT2D eigenvalue weighted by Crippen LogP contribution is 2.15. The highest BCUT2D eigenvalue weighted by atomic mass is 35.5. The molecule has 2 rings (SSSR count). The first-order chi connectivity index (χ1) is 9.52. The molecule has 0 aliphatic carbocycles. The van der Waals surface area contributed by atoms with Crippen molar-refractivity contribution in [3.8, 4) is 0 Å². The van der Waals surface area contributed by atoms with Crippen molar-refractivity contribution >= 4 is 23.5 Å². The van der Waals surface area contributed by atoms with Gasteiger partial charge in [-0.2, -0.15) is 0 Å². The van der Waals surface area contributed by atoms with Gasteiger partial charge < -0.3 is 14.4 Å². The number of halogens is 1. The number of hydrogen-bond donors (Lipinski definition) is 1. The quantitative estimate of drug-likeness (QED) is 0.873.